The van der Waals surface area contributed by atoms with Gasteiger partial charge in [-0.2, -0.15) is 13.2 Å². The van der Waals surface area contributed by atoms with Gasteiger partial charge >= 0.3 is 17.3 Å². The number of aromatic nitrogens is 3. The van der Waals surface area contributed by atoms with Gasteiger partial charge in [-0.15, -0.1) is 0 Å². The molecule has 8 nitrogen and oxygen atoms in total. The average molecular weight is 461 g/mol. The predicted molar refractivity (Wildman–Crippen MR) is 116 cm³/mol. The van der Waals surface area contributed by atoms with E-state index in [4.69, 9.17) is 0 Å². The number of carbonyl (C=O) groups is 1. The number of pyridine rings is 1. The highest BCUT2D eigenvalue weighted by Crippen LogP contribution is 2.29. The summed E-state index contributed by atoms with van der Waals surface area (Å²) in [5.74, 6) is 0.201. The molecule has 1 aliphatic rings. The van der Waals surface area contributed by atoms with Crippen LogP contribution in [0.15, 0.2) is 46.1 Å². The van der Waals surface area contributed by atoms with Gasteiger partial charge < -0.3 is 19.4 Å². The minimum atomic E-state index is -4.44. The number of hydrogen-bond donors (Lipinski definition) is 1. The van der Waals surface area contributed by atoms with E-state index in [9.17, 15) is 27.6 Å². The molecule has 0 spiro atoms. The molecule has 0 atom stereocenters. The molecular weight excluding hydrogens is 439 g/mol. The second-order valence-electron chi connectivity index (χ2n) is 7.77. The third kappa shape index (κ3) is 4.48. The number of aryl methyl sites for hydroxylation is 1. The summed E-state index contributed by atoms with van der Waals surface area (Å²) in [6.07, 6.45) is -3.01. The number of aromatic amines is 1. The number of fused-ring (bicyclic) bond motifs is 1. The Morgan fingerprint density at radius 3 is 2.55 bits per heavy atom. The first kappa shape index (κ1) is 22.6. The van der Waals surface area contributed by atoms with E-state index < -0.39 is 22.9 Å². The molecule has 1 aromatic carbocycles. The van der Waals surface area contributed by atoms with Crippen molar-refractivity contribution in [3.63, 3.8) is 0 Å². The quantitative estimate of drug-likeness (QED) is 0.606. The van der Waals surface area contributed by atoms with Gasteiger partial charge in [0.1, 0.15) is 5.82 Å². The van der Waals surface area contributed by atoms with E-state index in [-0.39, 0.29) is 5.91 Å². The summed E-state index contributed by atoms with van der Waals surface area (Å²) in [4.78, 5) is 47.0. The van der Waals surface area contributed by atoms with Gasteiger partial charge in [0, 0.05) is 44.5 Å². The molecular formula is C22H22F3N5O3. The van der Waals surface area contributed by atoms with Gasteiger partial charge in [-0.25, -0.2) is 4.98 Å². The third-order valence-corrected chi connectivity index (χ3v) is 5.72. The lowest BCUT2D eigenvalue weighted by Crippen LogP contribution is -2.37. The maximum absolute atomic E-state index is 13.1. The van der Waals surface area contributed by atoms with Crippen LogP contribution >= 0.6 is 0 Å². The molecule has 1 amide bonds. The first-order chi connectivity index (χ1) is 15.7. The lowest BCUT2D eigenvalue weighted by atomic mass is 10.1. The van der Waals surface area contributed by atoms with E-state index in [2.05, 4.69) is 9.97 Å². The second-order valence-corrected chi connectivity index (χ2v) is 7.77. The molecule has 3 heterocycles. The number of nitrogens with one attached hydrogen (secondary N) is 1. The van der Waals surface area contributed by atoms with E-state index in [1.807, 2.05) is 4.90 Å². The molecule has 1 N–H and O–H groups in total. The first-order valence-corrected chi connectivity index (χ1v) is 10.5. The summed E-state index contributed by atoms with van der Waals surface area (Å²) in [6.45, 7) is 3.89. The zero-order valence-electron chi connectivity index (χ0n) is 17.9. The number of carbonyl (C=O) groups excluding carboxylic acids is 1. The first-order valence-electron chi connectivity index (χ1n) is 10.5. The lowest BCUT2D eigenvalue weighted by Gasteiger charge is -2.23. The molecule has 33 heavy (non-hydrogen) atoms. The molecule has 0 saturated carbocycles. The van der Waals surface area contributed by atoms with Gasteiger partial charge in [-0.05, 0) is 43.7 Å². The standard InChI is InChI=1S/C22H22F3N5O3/c1-2-30-17-6-4-14(12-16(17)27-19(31)21(30)33)20(32)29-9-3-8-28(10-11-29)18-7-5-15(13-26-18)22(23,24)25/h4-7,12-13H,2-3,8-11H2,1H3,(H,27,31). The summed E-state index contributed by atoms with van der Waals surface area (Å²) in [5.41, 5.74) is -0.884. The average Bonchev–Trinajstić information content (AvgIpc) is 3.05. The number of nitrogens with zero attached hydrogens (tertiary/aromatic N) is 4. The molecule has 0 radical (unpaired) electrons. The number of anilines is 1. The van der Waals surface area contributed by atoms with Crippen LogP contribution in [0, 0.1) is 0 Å². The molecule has 4 rings (SSSR count). The molecule has 1 saturated heterocycles. The number of halogens is 3. The SMILES string of the molecule is CCn1c(=O)c(=O)[nH]c2cc(C(=O)N3CCCN(c4ccc(C(F)(F)F)cn4)CC3)ccc21. The molecule has 174 valence electrons. The van der Waals surface area contributed by atoms with Gasteiger partial charge in [-0.3, -0.25) is 14.4 Å². The maximum Gasteiger partial charge on any atom is 0.417 e. The zero-order valence-corrected chi connectivity index (χ0v) is 17.9. The minimum Gasteiger partial charge on any atom is -0.355 e. The van der Waals surface area contributed by atoms with Crippen LogP contribution < -0.4 is 16.0 Å². The fourth-order valence-corrected chi connectivity index (χ4v) is 4.00. The van der Waals surface area contributed by atoms with Crippen LogP contribution in [0.3, 0.4) is 0 Å². The van der Waals surface area contributed by atoms with Gasteiger partial charge in [-0.1, -0.05) is 0 Å². The van der Waals surface area contributed by atoms with Crippen molar-refractivity contribution < 1.29 is 18.0 Å². The molecule has 11 heteroatoms. The summed E-state index contributed by atoms with van der Waals surface area (Å²) >= 11 is 0. The number of benzene rings is 1. The second kappa shape index (κ2) is 8.72. The highest BCUT2D eigenvalue weighted by Gasteiger charge is 2.31. The molecule has 1 fully saturated rings. The van der Waals surface area contributed by atoms with Gasteiger partial charge in [0.25, 0.3) is 5.91 Å². The van der Waals surface area contributed by atoms with Crippen LogP contribution in [0.2, 0.25) is 0 Å². The summed E-state index contributed by atoms with van der Waals surface area (Å²) in [7, 11) is 0. The van der Waals surface area contributed by atoms with E-state index >= 15 is 0 Å². The monoisotopic (exact) mass is 461 g/mol. The lowest BCUT2D eigenvalue weighted by molar-refractivity contribution is -0.137. The molecule has 0 unspecified atom stereocenters. The molecule has 0 bridgehead atoms. The summed E-state index contributed by atoms with van der Waals surface area (Å²) in [5, 5.41) is 0. The third-order valence-electron chi connectivity index (χ3n) is 5.72. The molecule has 3 aromatic rings. The van der Waals surface area contributed by atoms with Crippen LogP contribution in [-0.2, 0) is 12.7 Å². The number of H-pyrrole nitrogens is 1. The maximum atomic E-state index is 13.1. The Hall–Kier alpha value is -3.63. The van der Waals surface area contributed by atoms with Crippen LogP contribution in [0.5, 0.6) is 0 Å². The number of rotatable bonds is 3. The Morgan fingerprint density at radius 1 is 1.09 bits per heavy atom. The van der Waals surface area contributed by atoms with Crippen LogP contribution in [0.4, 0.5) is 19.0 Å². The van der Waals surface area contributed by atoms with Crippen LogP contribution in [-0.4, -0.2) is 51.5 Å². The highest BCUT2D eigenvalue weighted by atomic mass is 19.4. The van der Waals surface area contributed by atoms with E-state index in [1.54, 1.807) is 30.0 Å². The van der Waals surface area contributed by atoms with Gasteiger partial charge in [0.2, 0.25) is 0 Å². The number of alkyl halides is 3. The topological polar surface area (TPSA) is 91.3 Å². The molecule has 1 aliphatic heterocycles. The van der Waals surface area contributed by atoms with Crippen molar-refractivity contribution in [3.05, 3.63) is 68.4 Å². The van der Waals surface area contributed by atoms with Crippen LogP contribution in [0.25, 0.3) is 11.0 Å². The van der Waals surface area contributed by atoms with E-state index in [0.29, 0.717) is 61.6 Å². The number of hydrogen-bond acceptors (Lipinski definition) is 5. The largest absolute Gasteiger partial charge is 0.417 e. The van der Waals surface area contributed by atoms with Crippen molar-refractivity contribution >= 4 is 22.8 Å². The normalized spacial score (nSPS) is 15.0. The summed E-state index contributed by atoms with van der Waals surface area (Å²) in [6, 6.07) is 7.16. The van der Waals surface area contributed by atoms with Crippen molar-refractivity contribution in [2.24, 2.45) is 0 Å². The zero-order chi connectivity index (χ0) is 23.8. The molecule has 0 aliphatic carbocycles. The van der Waals surface area contributed by atoms with Crippen molar-refractivity contribution in [2.75, 3.05) is 31.1 Å². The predicted octanol–water partition coefficient (Wildman–Crippen LogP) is 2.48. The Labute approximate surface area is 186 Å². The van der Waals surface area contributed by atoms with Crippen LogP contribution in [0.1, 0.15) is 29.3 Å². The van der Waals surface area contributed by atoms with Crippen molar-refractivity contribution in [1.82, 2.24) is 19.4 Å². The fourth-order valence-electron chi connectivity index (χ4n) is 4.00. The summed E-state index contributed by atoms with van der Waals surface area (Å²) < 4.78 is 39.7. The Balaban J connectivity index is 1.52. The van der Waals surface area contributed by atoms with E-state index in [0.717, 1.165) is 12.3 Å². The smallest absolute Gasteiger partial charge is 0.355 e. The van der Waals surface area contributed by atoms with Crippen molar-refractivity contribution in [1.29, 1.82) is 0 Å². The Bertz CT molecular complexity index is 1300. The molecule has 2 aromatic heterocycles. The highest BCUT2D eigenvalue weighted by molar-refractivity contribution is 5.97. The Kier molecular flexibility index (Phi) is 5.96. The fraction of sp³-hybridized carbons (Fsp3) is 0.364. The minimum absolute atomic E-state index is 0.228. The van der Waals surface area contributed by atoms with E-state index in [1.165, 1.54) is 10.6 Å². The Morgan fingerprint density at radius 2 is 1.88 bits per heavy atom. The van der Waals surface area contributed by atoms with Gasteiger partial charge in [0.05, 0.1) is 16.6 Å². The van der Waals surface area contributed by atoms with Crippen molar-refractivity contribution in [3.8, 4) is 0 Å². The van der Waals surface area contributed by atoms with Crippen molar-refractivity contribution in [2.45, 2.75) is 26.1 Å². The number of amides is 1. The van der Waals surface area contributed by atoms with Gasteiger partial charge in [0.15, 0.2) is 0 Å².